The Morgan fingerprint density at radius 3 is 2.44 bits per heavy atom. The van der Waals surface area contributed by atoms with Crippen LogP contribution in [0.1, 0.15) is 42.8 Å². The Hall–Kier alpha value is -2.39. The van der Waals surface area contributed by atoms with Crippen molar-refractivity contribution in [1.82, 2.24) is 19.3 Å². The molecule has 0 fully saturated rings. The molecule has 3 rings (SSSR count). The summed E-state index contributed by atoms with van der Waals surface area (Å²) in [6, 6.07) is 2.86. The number of hydrogen-bond acceptors (Lipinski definition) is 4. The van der Waals surface area contributed by atoms with Crippen LogP contribution in [-0.4, -0.2) is 24.4 Å². The van der Waals surface area contributed by atoms with Gasteiger partial charge < -0.3 is 5.11 Å². The lowest BCUT2D eigenvalue weighted by Crippen LogP contribution is -2.22. The van der Waals surface area contributed by atoms with Crippen LogP contribution in [0.2, 0.25) is 5.02 Å². The van der Waals surface area contributed by atoms with Crippen LogP contribution in [0.4, 0.5) is 13.2 Å². The van der Waals surface area contributed by atoms with E-state index in [1.54, 1.807) is 0 Å². The van der Waals surface area contributed by atoms with Crippen molar-refractivity contribution in [2.75, 3.05) is 0 Å². The van der Waals surface area contributed by atoms with Gasteiger partial charge in [0, 0.05) is 13.1 Å². The Labute approximate surface area is 156 Å². The molecule has 3 aromatic rings. The number of aromatic nitrogens is 4. The molecule has 0 amide bonds. The van der Waals surface area contributed by atoms with E-state index in [2.05, 4.69) is 10.1 Å². The summed E-state index contributed by atoms with van der Waals surface area (Å²) in [5.41, 5.74) is -0.785. The molecule has 0 aliphatic heterocycles. The van der Waals surface area contributed by atoms with Gasteiger partial charge in [-0.2, -0.15) is 18.3 Å². The number of halogens is 4. The third-order valence-corrected chi connectivity index (χ3v) is 4.56. The molecule has 10 heteroatoms. The van der Waals surface area contributed by atoms with Crippen molar-refractivity contribution in [3.05, 3.63) is 56.7 Å². The summed E-state index contributed by atoms with van der Waals surface area (Å²) in [5, 5.41) is 14.3. The topological polar surface area (TPSA) is 72.9 Å². The second-order valence-corrected chi connectivity index (χ2v) is 6.80. The number of fused-ring (bicyclic) bond motifs is 1. The van der Waals surface area contributed by atoms with E-state index in [1.165, 1.54) is 22.6 Å². The maximum Gasteiger partial charge on any atom is 0.417 e. The molecule has 1 unspecified atom stereocenters. The number of rotatable bonds is 3. The van der Waals surface area contributed by atoms with Gasteiger partial charge in [-0.1, -0.05) is 17.7 Å². The van der Waals surface area contributed by atoms with Crippen molar-refractivity contribution in [1.29, 1.82) is 0 Å². The summed E-state index contributed by atoms with van der Waals surface area (Å²) in [5.74, 6) is 0. The molecule has 1 atom stereocenters. The average molecular weight is 401 g/mol. The molecule has 144 valence electrons. The van der Waals surface area contributed by atoms with Crippen LogP contribution in [0.15, 0.2) is 29.3 Å². The molecule has 2 heterocycles. The molecule has 0 aliphatic rings. The summed E-state index contributed by atoms with van der Waals surface area (Å²) in [7, 11) is 1.52. The van der Waals surface area contributed by atoms with Crippen LogP contribution in [0.3, 0.4) is 0 Å². The molecular formula is C17H16ClF3N4O2. The second-order valence-electron chi connectivity index (χ2n) is 6.40. The maximum atomic E-state index is 12.9. The van der Waals surface area contributed by atoms with E-state index in [4.69, 9.17) is 11.6 Å². The minimum absolute atomic E-state index is 0.0701. The van der Waals surface area contributed by atoms with Crippen LogP contribution in [0, 0.1) is 0 Å². The summed E-state index contributed by atoms with van der Waals surface area (Å²) in [4.78, 5) is 16.7. The van der Waals surface area contributed by atoms with Gasteiger partial charge in [0.25, 0.3) is 5.56 Å². The number of alkyl halides is 3. The zero-order valence-electron chi connectivity index (χ0n) is 14.6. The molecule has 0 aliphatic carbocycles. The first-order valence-electron chi connectivity index (χ1n) is 8.00. The van der Waals surface area contributed by atoms with Crippen molar-refractivity contribution in [2.45, 2.75) is 32.2 Å². The van der Waals surface area contributed by atoms with Crippen molar-refractivity contribution in [3.63, 3.8) is 0 Å². The van der Waals surface area contributed by atoms with E-state index in [1.807, 2.05) is 13.8 Å². The average Bonchev–Trinajstić information content (AvgIpc) is 2.90. The number of aryl methyl sites for hydroxylation is 1. The molecule has 0 saturated carbocycles. The van der Waals surface area contributed by atoms with Crippen molar-refractivity contribution >= 4 is 22.6 Å². The minimum atomic E-state index is -4.59. The standard InChI is InChI=1S/C17H16ClF3N4O2/c1-8(2)25-7-22-12-13(16(25)27)23-24(3)14(12)15(26)9-4-5-10(11(18)6-9)17(19,20)21/h4-8,15,26H,1-3H3. The summed E-state index contributed by atoms with van der Waals surface area (Å²) in [6.07, 6.45) is -4.60. The molecule has 0 radical (unpaired) electrons. The number of aliphatic hydroxyl groups is 1. The van der Waals surface area contributed by atoms with Gasteiger partial charge in [-0.25, -0.2) is 4.98 Å². The second kappa shape index (κ2) is 6.65. The summed E-state index contributed by atoms with van der Waals surface area (Å²) in [6.45, 7) is 3.63. The third kappa shape index (κ3) is 3.32. The number of hydrogen-bond donors (Lipinski definition) is 1. The predicted molar refractivity (Wildman–Crippen MR) is 93.7 cm³/mol. The number of aliphatic hydroxyl groups excluding tert-OH is 1. The van der Waals surface area contributed by atoms with E-state index in [-0.39, 0.29) is 33.9 Å². The van der Waals surface area contributed by atoms with Gasteiger partial charge in [0.2, 0.25) is 0 Å². The van der Waals surface area contributed by atoms with Crippen LogP contribution in [0.5, 0.6) is 0 Å². The smallest absolute Gasteiger partial charge is 0.382 e. The lowest BCUT2D eigenvalue weighted by atomic mass is 10.0. The van der Waals surface area contributed by atoms with Gasteiger partial charge in [-0.05, 0) is 31.5 Å². The predicted octanol–water partition coefficient (Wildman–Crippen LogP) is 3.46. The summed E-state index contributed by atoms with van der Waals surface area (Å²) >= 11 is 5.74. The first-order valence-corrected chi connectivity index (χ1v) is 8.38. The molecule has 1 N–H and O–H groups in total. The van der Waals surface area contributed by atoms with E-state index < -0.39 is 22.9 Å². The quantitative estimate of drug-likeness (QED) is 0.730. The van der Waals surface area contributed by atoms with Gasteiger partial charge in [-0.3, -0.25) is 14.0 Å². The van der Waals surface area contributed by atoms with Crippen LogP contribution in [-0.2, 0) is 13.2 Å². The highest BCUT2D eigenvalue weighted by atomic mass is 35.5. The highest BCUT2D eigenvalue weighted by Crippen LogP contribution is 2.37. The Bertz CT molecular complexity index is 1070. The fourth-order valence-electron chi connectivity index (χ4n) is 2.86. The summed E-state index contributed by atoms with van der Waals surface area (Å²) < 4.78 is 41.3. The molecular weight excluding hydrogens is 385 g/mol. The maximum absolute atomic E-state index is 12.9. The molecule has 2 aromatic heterocycles. The van der Waals surface area contributed by atoms with E-state index in [0.717, 1.165) is 18.2 Å². The van der Waals surface area contributed by atoms with Crippen LogP contribution >= 0.6 is 11.6 Å². The van der Waals surface area contributed by atoms with Crippen molar-refractivity contribution < 1.29 is 18.3 Å². The minimum Gasteiger partial charge on any atom is -0.382 e. The normalized spacial score (nSPS) is 13.5. The first kappa shape index (κ1) is 19.4. The van der Waals surface area contributed by atoms with Gasteiger partial charge in [0.1, 0.15) is 11.6 Å². The molecule has 1 aromatic carbocycles. The first-order chi connectivity index (χ1) is 12.5. The van der Waals surface area contributed by atoms with Crippen molar-refractivity contribution in [2.24, 2.45) is 7.05 Å². The molecule has 6 nitrogen and oxygen atoms in total. The van der Waals surface area contributed by atoms with Crippen LogP contribution in [0.25, 0.3) is 11.0 Å². The SMILES string of the molecule is CC(C)n1cnc2c(C(O)c3ccc(C(F)(F)F)c(Cl)c3)n(C)nc2c1=O. The van der Waals surface area contributed by atoms with Gasteiger partial charge in [-0.15, -0.1) is 0 Å². The van der Waals surface area contributed by atoms with E-state index >= 15 is 0 Å². The Morgan fingerprint density at radius 1 is 1.22 bits per heavy atom. The zero-order valence-corrected chi connectivity index (χ0v) is 15.4. The third-order valence-electron chi connectivity index (χ3n) is 4.24. The van der Waals surface area contributed by atoms with Gasteiger partial charge in [0.05, 0.1) is 22.6 Å². The highest BCUT2D eigenvalue weighted by Gasteiger charge is 2.33. The van der Waals surface area contributed by atoms with Crippen LogP contribution < -0.4 is 5.56 Å². The largest absolute Gasteiger partial charge is 0.417 e. The monoisotopic (exact) mass is 400 g/mol. The van der Waals surface area contributed by atoms with E-state index in [9.17, 15) is 23.1 Å². The lowest BCUT2D eigenvalue weighted by Gasteiger charge is -2.15. The van der Waals surface area contributed by atoms with Gasteiger partial charge in [0.15, 0.2) is 5.52 Å². The molecule has 0 saturated heterocycles. The Morgan fingerprint density at radius 2 is 1.89 bits per heavy atom. The molecule has 0 spiro atoms. The number of nitrogens with zero attached hydrogens (tertiary/aromatic N) is 4. The Balaban J connectivity index is 2.13. The lowest BCUT2D eigenvalue weighted by molar-refractivity contribution is -0.137. The Kier molecular flexibility index (Phi) is 4.77. The molecule has 0 bridgehead atoms. The molecule has 27 heavy (non-hydrogen) atoms. The zero-order chi connectivity index (χ0) is 20.1. The van der Waals surface area contributed by atoms with Gasteiger partial charge >= 0.3 is 6.18 Å². The highest BCUT2D eigenvalue weighted by molar-refractivity contribution is 6.31. The number of benzene rings is 1. The van der Waals surface area contributed by atoms with E-state index in [0.29, 0.717) is 0 Å². The van der Waals surface area contributed by atoms with Crippen molar-refractivity contribution in [3.8, 4) is 0 Å². The fraction of sp³-hybridized carbons (Fsp3) is 0.353. The fourth-order valence-corrected chi connectivity index (χ4v) is 3.15.